The summed E-state index contributed by atoms with van der Waals surface area (Å²) >= 11 is 0. The Balaban J connectivity index is 1.76. The van der Waals surface area contributed by atoms with Gasteiger partial charge in [0.25, 0.3) is 0 Å². The molecule has 1 saturated heterocycles. The molecular weight excluding hydrogens is 244 g/mol. The van der Waals surface area contributed by atoms with Crippen LogP contribution in [0.15, 0.2) is 18.2 Å². The van der Waals surface area contributed by atoms with Crippen LogP contribution in [0.5, 0.6) is 0 Å². The number of carboxylic acid groups (broad SMARTS) is 1. The maximum absolute atomic E-state index is 12.3. The van der Waals surface area contributed by atoms with Gasteiger partial charge in [0.1, 0.15) is 0 Å². The van der Waals surface area contributed by atoms with E-state index in [1.807, 2.05) is 6.07 Å². The first-order chi connectivity index (χ1) is 9.15. The minimum Gasteiger partial charge on any atom is -0.478 e. The molecule has 0 saturated carbocycles. The van der Waals surface area contributed by atoms with E-state index in [1.165, 1.54) is 0 Å². The lowest BCUT2D eigenvalue weighted by molar-refractivity contribution is -0.133. The normalized spacial score (nSPS) is 21.5. The summed E-state index contributed by atoms with van der Waals surface area (Å²) in [4.78, 5) is 25.0. The molecule has 5 nitrogen and oxygen atoms in total. The van der Waals surface area contributed by atoms with Crippen molar-refractivity contribution in [2.45, 2.75) is 32.0 Å². The molecule has 0 spiro atoms. The largest absolute Gasteiger partial charge is 0.478 e. The number of hydrogen-bond donors (Lipinski definition) is 2. The fourth-order valence-corrected chi connectivity index (χ4v) is 2.80. The molecule has 3 rings (SSSR count). The first-order valence-electron chi connectivity index (χ1n) is 6.52. The molecule has 2 aliphatic rings. The second-order valence-corrected chi connectivity index (χ2v) is 5.13. The summed E-state index contributed by atoms with van der Waals surface area (Å²) in [5.74, 6) is -0.796. The van der Waals surface area contributed by atoms with Crippen LogP contribution in [0.2, 0.25) is 0 Å². The Labute approximate surface area is 111 Å². The Morgan fingerprint density at radius 3 is 2.74 bits per heavy atom. The molecule has 2 heterocycles. The quantitative estimate of drug-likeness (QED) is 0.831. The zero-order valence-electron chi connectivity index (χ0n) is 10.6. The van der Waals surface area contributed by atoms with Gasteiger partial charge in [0.2, 0.25) is 5.91 Å². The molecule has 2 N–H and O–H groups in total. The van der Waals surface area contributed by atoms with Gasteiger partial charge in [-0.05, 0) is 42.6 Å². The number of aromatic carboxylic acids is 1. The van der Waals surface area contributed by atoms with Crippen molar-refractivity contribution in [3.05, 3.63) is 34.9 Å². The predicted molar refractivity (Wildman–Crippen MR) is 68.7 cm³/mol. The van der Waals surface area contributed by atoms with Crippen molar-refractivity contribution in [3.63, 3.8) is 0 Å². The van der Waals surface area contributed by atoms with Gasteiger partial charge in [-0.1, -0.05) is 6.07 Å². The van der Waals surface area contributed by atoms with E-state index < -0.39 is 5.97 Å². The molecule has 5 heteroatoms. The standard InChI is InChI=1S/C14H16N2O3/c17-13(12-2-1-5-15-12)16-7-10-4-3-9(14(18)19)6-11(10)8-16/h3-4,6,12,15H,1-2,5,7-8H2,(H,18,19)/t12-/m0/s1. The topological polar surface area (TPSA) is 69.6 Å². The van der Waals surface area contributed by atoms with Crippen LogP contribution in [0.1, 0.15) is 34.3 Å². The average molecular weight is 260 g/mol. The van der Waals surface area contributed by atoms with Gasteiger partial charge in [0, 0.05) is 13.1 Å². The number of rotatable bonds is 2. The van der Waals surface area contributed by atoms with Crippen molar-refractivity contribution in [2.24, 2.45) is 0 Å². The zero-order chi connectivity index (χ0) is 13.4. The number of hydrogen-bond acceptors (Lipinski definition) is 3. The van der Waals surface area contributed by atoms with Gasteiger partial charge in [0.05, 0.1) is 11.6 Å². The highest BCUT2D eigenvalue weighted by Crippen LogP contribution is 2.25. The third kappa shape index (κ3) is 2.21. The SMILES string of the molecule is O=C(O)c1ccc2c(c1)CN(C(=O)[C@@H]1CCCN1)C2. The minimum absolute atomic E-state index is 0.0618. The van der Waals surface area contributed by atoms with E-state index in [-0.39, 0.29) is 17.5 Å². The van der Waals surface area contributed by atoms with Crippen LogP contribution >= 0.6 is 0 Å². The fourth-order valence-electron chi connectivity index (χ4n) is 2.80. The van der Waals surface area contributed by atoms with Crippen LogP contribution in [-0.4, -0.2) is 34.5 Å². The molecule has 100 valence electrons. The van der Waals surface area contributed by atoms with E-state index in [2.05, 4.69) is 5.32 Å². The number of fused-ring (bicyclic) bond motifs is 1. The summed E-state index contributed by atoms with van der Waals surface area (Å²) in [6, 6.07) is 5.03. The molecule has 19 heavy (non-hydrogen) atoms. The molecule has 2 aliphatic heterocycles. The highest BCUT2D eigenvalue weighted by atomic mass is 16.4. The average Bonchev–Trinajstić information content (AvgIpc) is 3.06. The molecule has 0 unspecified atom stereocenters. The number of nitrogens with zero attached hydrogens (tertiary/aromatic N) is 1. The Hall–Kier alpha value is -1.88. The van der Waals surface area contributed by atoms with Crippen LogP contribution in [0.25, 0.3) is 0 Å². The number of carbonyl (C=O) groups excluding carboxylic acids is 1. The molecule has 1 aromatic carbocycles. The van der Waals surface area contributed by atoms with Crippen LogP contribution in [0.4, 0.5) is 0 Å². The molecule has 0 aliphatic carbocycles. The second kappa shape index (κ2) is 4.66. The Bertz CT molecular complexity index is 535. The number of nitrogens with one attached hydrogen (secondary N) is 1. The first-order valence-corrected chi connectivity index (χ1v) is 6.52. The maximum Gasteiger partial charge on any atom is 0.335 e. The van der Waals surface area contributed by atoms with Crippen molar-refractivity contribution in [1.82, 2.24) is 10.2 Å². The van der Waals surface area contributed by atoms with Crippen LogP contribution < -0.4 is 5.32 Å². The van der Waals surface area contributed by atoms with E-state index in [9.17, 15) is 9.59 Å². The third-order valence-electron chi connectivity index (χ3n) is 3.85. The summed E-state index contributed by atoms with van der Waals surface area (Å²) in [5.41, 5.74) is 2.29. The molecule has 1 amide bonds. The van der Waals surface area contributed by atoms with Crippen LogP contribution in [0, 0.1) is 0 Å². The van der Waals surface area contributed by atoms with Crippen molar-refractivity contribution >= 4 is 11.9 Å². The Kier molecular flexibility index (Phi) is 2.98. The number of amides is 1. The lowest BCUT2D eigenvalue weighted by Gasteiger charge is -2.19. The van der Waals surface area contributed by atoms with Gasteiger partial charge in [-0.3, -0.25) is 4.79 Å². The van der Waals surface area contributed by atoms with Crippen molar-refractivity contribution in [3.8, 4) is 0 Å². The van der Waals surface area contributed by atoms with Crippen LogP contribution in [-0.2, 0) is 17.9 Å². The minimum atomic E-state index is -0.926. The van der Waals surface area contributed by atoms with E-state index in [0.717, 1.165) is 30.5 Å². The Morgan fingerprint density at radius 1 is 1.26 bits per heavy atom. The Morgan fingerprint density at radius 2 is 2.05 bits per heavy atom. The van der Waals surface area contributed by atoms with Gasteiger partial charge in [-0.2, -0.15) is 0 Å². The molecule has 0 bridgehead atoms. The molecule has 0 radical (unpaired) electrons. The molecular formula is C14H16N2O3. The van der Waals surface area contributed by atoms with Crippen molar-refractivity contribution in [1.29, 1.82) is 0 Å². The van der Waals surface area contributed by atoms with Crippen molar-refractivity contribution in [2.75, 3.05) is 6.54 Å². The summed E-state index contributed by atoms with van der Waals surface area (Å²) in [5, 5.41) is 12.2. The second-order valence-electron chi connectivity index (χ2n) is 5.13. The van der Waals surface area contributed by atoms with Gasteiger partial charge in [-0.15, -0.1) is 0 Å². The van der Waals surface area contributed by atoms with Crippen molar-refractivity contribution < 1.29 is 14.7 Å². The maximum atomic E-state index is 12.3. The monoisotopic (exact) mass is 260 g/mol. The number of carboxylic acids is 1. The fraction of sp³-hybridized carbons (Fsp3) is 0.429. The van der Waals surface area contributed by atoms with E-state index in [4.69, 9.17) is 5.11 Å². The van der Waals surface area contributed by atoms with E-state index >= 15 is 0 Å². The third-order valence-corrected chi connectivity index (χ3v) is 3.85. The molecule has 0 aromatic heterocycles. The number of carbonyl (C=O) groups is 2. The van der Waals surface area contributed by atoms with E-state index in [1.54, 1.807) is 17.0 Å². The zero-order valence-corrected chi connectivity index (χ0v) is 10.6. The smallest absolute Gasteiger partial charge is 0.335 e. The van der Waals surface area contributed by atoms with Gasteiger partial charge < -0.3 is 15.3 Å². The van der Waals surface area contributed by atoms with Gasteiger partial charge >= 0.3 is 5.97 Å². The molecule has 1 fully saturated rings. The summed E-state index contributed by atoms with van der Waals surface area (Å²) in [7, 11) is 0. The molecule has 1 atom stereocenters. The lowest BCUT2D eigenvalue weighted by Crippen LogP contribution is -2.40. The first kappa shape index (κ1) is 12.2. The van der Waals surface area contributed by atoms with E-state index in [0.29, 0.717) is 13.1 Å². The summed E-state index contributed by atoms with van der Waals surface area (Å²) < 4.78 is 0. The predicted octanol–water partition coefficient (Wildman–Crippen LogP) is 0.979. The highest BCUT2D eigenvalue weighted by Gasteiger charge is 2.30. The lowest BCUT2D eigenvalue weighted by atomic mass is 10.1. The summed E-state index contributed by atoms with van der Waals surface area (Å²) in [6.07, 6.45) is 1.94. The molecule has 1 aromatic rings. The highest BCUT2D eigenvalue weighted by molar-refractivity contribution is 5.88. The number of benzene rings is 1. The summed E-state index contributed by atoms with van der Waals surface area (Å²) in [6.45, 7) is 2.01. The van der Waals surface area contributed by atoms with Gasteiger partial charge in [0.15, 0.2) is 0 Å². The van der Waals surface area contributed by atoms with Crippen LogP contribution in [0.3, 0.4) is 0 Å². The van der Waals surface area contributed by atoms with Gasteiger partial charge in [-0.25, -0.2) is 4.79 Å².